The Balaban J connectivity index is 1.01. The van der Waals surface area contributed by atoms with Crippen LogP contribution < -0.4 is 0 Å². The number of rotatable bonds is 6. The first kappa shape index (κ1) is 34.0. The third-order valence-corrected chi connectivity index (χ3v) is 12.0. The summed E-state index contributed by atoms with van der Waals surface area (Å²) in [6.07, 6.45) is 7.38. The van der Waals surface area contributed by atoms with Crippen LogP contribution in [0.2, 0.25) is 0 Å². The molecule has 0 saturated carbocycles. The molecule has 7 aromatic carbocycles. The van der Waals surface area contributed by atoms with E-state index in [4.69, 9.17) is 15.0 Å². The number of hydrogen-bond donors (Lipinski definition) is 0. The Bertz CT molecular complexity index is 3440. The normalized spacial score (nSPS) is 11.8. The van der Waals surface area contributed by atoms with E-state index in [2.05, 4.69) is 152 Å². The molecule has 58 heavy (non-hydrogen) atoms. The lowest BCUT2D eigenvalue weighted by atomic mass is 9.88. The van der Waals surface area contributed by atoms with E-state index in [-0.39, 0.29) is 0 Å². The second kappa shape index (κ2) is 13.7. The summed E-state index contributed by atoms with van der Waals surface area (Å²) in [5, 5.41) is 9.49. The highest BCUT2D eigenvalue weighted by molar-refractivity contribution is 6.11. The van der Waals surface area contributed by atoms with E-state index in [0.29, 0.717) is 0 Å². The zero-order valence-corrected chi connectivity index (χ0v) is 32.4. The minimum absolute atomic E-state index is 0.908. The Kier molecular flexibility index (Phi) is 8.04. The van der Waals surface area contributed by atoms with E-state index in [1.807, 2.05) is 36.8 Å². The standard InChI is InChI=1S/C54H38N4/c1-3-42-44(39-9-5-10-40(29-39)50-25-22-36-17-16-35-11-6-26-55-51(35)53(36)58-50)23-20-33-14-18-37(30-47(33)42)38-19-15-34-21-24-45(43(4-2)48(34)31-38)49-32-41-12-7-27-56-52(41)54-46(49)13-8-28-57-54/h5-32H,3-4H2,1-2H3. The number of nitrogens with zero attached hydrogens (tertiary/aromatic N) is 4. The number of pyridine rings is 4. The predicted molar refractivity (Wildman–Crippen MR) is 243 cm³/mol. The van der Waals surface area contributed by atoms with Gasteiger partial charge < -0.3 is 0 Å². The monoisotopic (exact) mass is 742 g/mol. The van der Waals surface area contributed by atoms with Gasteiger partial charge in [-0.25, -0.2) is 4.98 Å². The summed E-state index contributed by atoms with van der Waals surface area (Å²) in [4.78, 5) is 19.3. The quantitative estimate of drug-likeness (QED) is 0.159. The van der Waals surface area contributed by atoms with Crippen molar-refractivity contribution >= 4 is 65.2 Å². The van der Waals surface area contributed by atoms with E-state index in [1.54, 1.807) is 0 Å². The van der Waals surface area contributed by atoms with Crippen molar-refractivity contribution in [1.82, 2.24) is 19.9 Å². The molecule has 0 aliphatic rings. The molecule has 274 valence electrons. The van der Waals surface area contributed by atoms with Gasteiger partial charge in [-0.1, -0.05) is 117 Å². The molecule has 0 bridgehead atoms. The number of aromatic nitrogens is 4. The lowest BCUT2D eigenvalue weighted by molar-refractivity contribution is 1.16. The number of fused-ring (bicyclic) bond motifs is 8. The van der Waals surface area contributed by atoms with Gasteiger partial charge in [0.1, 0.15) is 0 Å². The maximum atomic E-state index is 5.16. The van der Waals surface area contributed by atoms with Gasteiger partial charge >= 0.3 is 0 Å². The van der Waals surface area contributed by atoms with Gasteiger partial charge in [-0.05, 0) is 127 Å². The fourth-order valence-corrected chi connectivity index (χ4v) is 9.14. The van der Waals surface area contributed by atoms with Crippen LogP contribution >= 0.6 is 0 Å². The lowest BCUT2D eigenvalue weighted by Crippen LogP contribution is -1.94. The van der Waals surface area contributed by atoms with Gasteiger partial charge in [-0.3, -0.25) is 15.0 Å². The van der Waals surface area contributed by atoms with Crippen LogP contribution in [0.4, 0.5) is 0 Å². The van der Waals surface area contributed by atoms with Crippen LogP contribution in [-0.4, -0.2) is 19.9 Å². The third kappa shape index (κ3) is 5.52. The first-order valence-corrected chi connectivity index (χ1v) is 20.1. The second-order valence-electron chi connectivity index (χ2n) is 15.2. The van der Waals surface area contributed by atoms with Crippen LogP contribution in [0.25, 0.3) is 110 Å². The van der Waals surface area contributed by atoms with Crippen molar-refractivity contribution in [3.05, 3.63) is 181 Å². The van der Waals surface area contributed by atoms with Gasteiger partial charge in [0, 0.05) is 45.7 Å². The van der Waals surface area contributed by atoms with E-state index in [9.17, 15) is 0 Å². The highest BCUT2D eigenvalue weighted by Crippen LogP contribution is 2.40. The van der Waals surface area contributed by atoms with E-state index in [0.717, 1.165) is 67.7 Å². The molecule has 4 heterocycles. The average molecular weight is 743 g/mol. The molecule has 11 rings (SSSR count). The van der Waals surface area contributed by atoms with Crippen LogP contribution in [0.1, 0.15) is 25.0 Å². The maximum absolute atomic E-state index is 5.16. The van der Waals surface area contributed by atoms with Crippen molar-refractivity contribution in [3.8, 4) is 44.6 Å². The summed E-state index contributed by atoms with van der Waals surface area (Å²) in [7, 11) is 0. The lowest BCUT2D eigenvalue weighted by Gasteiger charge is -2.17. The van der Waals surface area contributed by atoms with Crippen molar-refractivity contribution in [3.63, 3.8) is 0 Å². The van der Waals surface area contributed by atoms with Gasteiger partial charge in [0.25, 0.3) is 0 Å². The van der Waals surface area contributed by atoms with Gasteiger partial charge in [-0.2, -0.15) is 0 Å². The number of benzene rings is 7. The Hall–Kier alpha value is -7.30. The summed E-state index contributed by atoms with van der Waals surface area (Å²) in [6, 6.07) is 55.1. The molecule has 0 fully saturated rings. The molecule has 11 aromatic rings. The molecule has 0 amide bonds. The smallest absolute Gasteiger partial charge is 0.0972 e. The SMILES string of the molecule is CCc1c(-c2cccc(-c3ccc4ccc5cccnc5c4n3)c2)ccc2ccc(-c3ccc4ccc(-c5cc6cccnc6c6ncccc56)c(CC)c4c3)cc12. The molecule has 0 unspecified atom stereocenters. The molecule has 0 spiro atoms. The molecule has 0 saturated heterocycles. The van der Waals surface area contributed by atoms with Gasteiger partial charge in [-0.15, -0.1) is 0 Å². The minimum atomic E-state index is 0.908. The summed E-state index contributed by atoms with van der Waals surface area (Å²) in [5.74, 6) is 0. The van der Waals surface area contributed by atoms with Crippen LogP contribution in [0, 0.1) is 0 Å². The molecule has 0 radical (unpaired) electrons. The van der Waals surface area contributed by atoms with Crippen molar-refractivity contribution in [2.24, 2.45) is 0 Å². The van der Waals surface area contributed by atoms with Crippen molar-refractivity contribution in [2.75, 3.05) is 0 Å². The fraction of sp³-hybridized carbons (Fsp3) is 0.0741. The molecular weight excluding hydrogens is 705 g/mol. The van der Waals surface area contributed by atoms with Crippen LogP contribution in [0.15, 0.2) is 170 Å². The maximum Gasteiger partial charge on any atom is 0.0972 e. The van der Waals surface area contributed by atoms with Crippen LogP contribution in [-0.2, 0) is 12.8 Å². The molecule has 0 aliphatic carbocycles. The molecule has 4 heteroatoms. The van der Waals surface area contributed by atoms with Crippen molar-refractivity contribution in [2.45, 2.75) is 26.7 Å². The van der Waals surface area contributed by atoms with Crippen molar-refractivity contribution < 1.29 is 0 Å². The molecule has 4 nitrogen and oxygen atoms in total. The second-order valence-corrected chi connectivity index (χ2v) is 15.2. The number of hydrogen-bond acceptors (Lipinski definition) is 4. The Morgan fingerprint density at radius 3 is 1.62 bits per heavy atom. The summed E-state index contributed by atoms with van der Waals surface area (Å²) in [6.45, 7) is 4.54. The zero-order valence-electron chi connectivity index (χ0n) is 32.4. The number of aryl methyl sites for hydroxylation is 2. The van der Waals surface area contributed by atoms with Crippen molar-refractivity contribution in [1.29, 1.82) is 0 Å². The molecule has 4 aromatic heterocycles. The average Bonchev–Trinajstić information content (AvgIpc) is 3.30. The van der Waals surface area contributed by atoms with Gasteiger partial charge in [0.05, 0.1) is 27.8 Å². The highest BCUT2D eigenvalue weighted by atomic mass is 14.8. The molecule has 0 N–H and O–H groups in total. The predicted octanol–water partition coefficient (Wildman–Crippen LogP) is 14.0. The van der Waals surface area contributed by atoms with Gasteiger partial charge in [0.15, 0.2) is 0 Å². The Morgan fingerprint density at radius 1 is 0.345 bits per heavy atom. The fourth-order valence-electron chi connectivity index (χ4n) is 9.14. The molecule has 0 aliphatic heterocycles. The minimum Gasteiger partial charge on any atom is -0.254 e. The van der Waals surface area contributed by atoms with E-state index < -0.39 is 0 Å². The summed E-state index contributed by atoms with van der Waals surface area (Å²) < 4.78 is 0. The summed E-state index contributed by atoms with van der Waals surface area (Å²) >= 11 is 0. The first-order chi connectivity index (χ1) is 28.6. The zero-order chi connectivity index (χ0) is 38.7. The van der Waals surface area contributed by atoms with E-state index in [1.165, 1.54) is 66.1 Å². The highest BCUT2D eigenvalue weighted by Gasteiger charge is 2.17. The topological polar surface area (TPSA) is 51.6 Å². The third-order valence-electron chi connectivity index (χ3n) is 12.0. The van der Waals surface area contributed by atoms with Crippen LogP contribution in [0.3, 0.4) is 0 Å². The Morgan fingerprint density at radius 2 is 0.897 bits per heavy atom. The van der Waals surface area contributed by atoms with Gasteiger partial charge in [0.2, 0.25) is 0 Å². The molecule has 0 atom stereocenters. The summed E-state index contributed by atoms with van der Waals surface area (Å²) in [5.41, 5.74) is 15.8. The molecular formula is C54H38N4. The van der Waals surface area contributed by atoms with E-state index >= 15 is 0 Å². The first-order valence-electron chi connectivity index (χ1n) is 20.1. The van der Waals surface area contributed by atoms with Crippen LogP contribution in [0.5, 0.6) is 0 Å². The largest absolute Gasteiger partial charge is 0.254 e. The Labute approximate surface area is 336 Å².